The minimum absolute atomic E-state index is 0.501. The maximum Gasteiger partial charge on any atom is 0.138 e. The number of ether oxygens (including phenoxy) is 12. The maximum atomic E-state index is 6.95. The summed E-state index contributed by atoms with van der Waals surface area (Å²) < 4.78 is 83.3. The first-order valence-electron chi connectivity index (χ1n) is 52.8. The lowest BCUT2D eigenvalue weighted by Gasteiger charge is -2.12. The van der Waals surface area contributed by atoms with Crippen LogP contribution in [0.25, 0.3) is 64.6 Å². The highest BCUT2D eigenvalue weighted by molar-refractivity contribution is 5.85. The molecule has 0 aliphatic heterocycles. The van der Waals surface area contributed by atoms with Gasteiger partial charge in [-0.3, -0.25) is 0 Å². The standard InChI is InChI=1S/C120H168O12/c1-13-25-37-49-73-121-109-91-110(122-74-50-38-26-14-2)98-63-64-100-87-102(114(126-78-54-42-30-18-6)93-113(100)125-77-53-41-29-17-5)67-68-104-89-106(118(130-82-58-46-34-22-10)95-117(104)129-81-57-45-33-21-9)71-72-108-90-107(119(131-83-59-47-35-23-11)96-120(108)132-84-60-48-36-24-12)70-69-105-88-103(115(127-79-55-43-31-19-7)94-116(105)128-80-56-44-32-20-8)66-65-101-86-99(62-61-97(109)85-98)111(123-75-51-39-27-15-3)92-112(101)124-76-52-40-28-16-4/h85-96H,13-60,73-84H2,1-12H3. The van der Waals surface area contributed by atoms with E-state index in [0.717, 1.165) is 308 Å². The smallest absolute Gasteiger partial charge is 0.138 e. The number of hydrogen-bond donors (Lipinski definition) is 0. The summed E-state index contributed by atoms with van der Waals surface area (Å²) in [6, 6.07) is 68.8. The summed E-state index contributed by atoms with van der Waals surface area (Å²) in [7, 11) is 0. The summed E-state index contributed by atoms with van der Waals surface area (Å²) >= 11 is 0. The normalized spacial score (nSPS) is 10.8. The Hall–Kier alpha value is -9.72. The molecule has 0 radical (unpaired) electrons. The lowest BCUT2D eigenvalue weighted by atomic mass is 10.1. The largest absolute Gasteiger partial charge is 0.492 e. The fourth-order valence-corrected chi connectivity index (χ4v) is 15.3. The fourth-order valence-electron chi connectivity index (χ4n) is 15.3. The predicted molar refractivity (Wildman–Crippen MR) is 552 cm³/mol. The second-order valence-electron chi connectivity index (χ2n) is 35.5. The van der Waals surface area contributed by atoms with E-state index in [2.05, 4.69) is 192 Å². The number of fused-ring (bicyclic) bond motifs is 12. The van der Waals surface area contributed by atoms with Crippen molar-refractivity contribution in [1.82, 2.24) is 0 Å². The predicted octanol–water partition coefficient (Wildman–Crippen LogP) is 34.8. The van der Waals surface area contributed by atoms with Crippen LogP contribution in [-0.4, -0.2) is 79.3 Å². The molecule has 12 nitrogen and oxygen atoms in total. The van der Waals surface area contributed by atoms with Crippen molar-refractivity contribution < 1.29 is 56.8 Å². The number of unbranched alkanes of at least 4 members (excludes halogenated alkanes) is 36. The first-order chi connectivity index (χ1) is 65.1. The molecular formula is C120H168O12. The summed E-state index contributed by atoms with van der Waals surface area (Å²) in [5.74, 6) is 7.42. The Kier molecular flexibility index (Phi) is 58.0. The highest BCUT2D eigenvalue weighted by Crippen LogP contribution is 2.38. The van der Waals surface area contributed by atoms with Crippen molar-refractivity contribution >= 4 is 64.6 Å². The van der Waals surface area contributed by atoms with Gasteiger partial charge in [0.2, 0.25) is 0 Å². The van der Waals surface area contributed by atoms with Gasteiger partial charge in [0.05, 0.1) is 144 Å². The molecule has 720 valence electrons. The van der Waals surface area contributed by atoms with Crippen molar-refractivity contribution in [1.29, 1.82) is 0 Å². The van der Waals surface area contributed by atoms with Gasteiger partial charge >= 0.3 is 0 Å². The summed E-state index contributed by atoms with van der Waals surface area (Å²) in [6.07, 6.45) is 49.7. The average molecular weight is 1800 g/mol. The van der Waals surface area contributed by atoms with E-state index in [1.807, 2.05) is 36.4 Å². The molecule has 132 heavy (non-hydrogen) atoms. The van der Waals surface area contributed by atoms with Crippen LogP contribution in [0.2, 0.25) is 0 Å². The van der Waals surface area contributed by atoms with Gasteiger partial charge in [0, 0.05) is 36.4 Å². The van der Waals surface area contributed by atoms with Gasteiger partial charge in [0.15, 0.2) is 0 Å². The van der Waals surface area contributed by atoms with Gasteiger partial charge < -0.3 is 56.8 Å². The minimum atomic E-state index is 0.501. The molecule has 0 unspecified atom stereocenters. The van der Waals surface area contributed by atoms with Crippen LogP contribution in [0.3, 0.4) is 0 Å². The number of hydrogen-bond acceptors (Lipinski definition) is 12. The maximum absolute atomic E-state index is 6.95. The van der Waals surface area contributed by atoms with E-state index in [9.17, 15) is 0 Å². The molecule has 7 rings (SSSR count). The topological polar surface area (TPSA) is 111 Å². The van der Waals surface area contributed by atoms with E-state index in [1.165, 1.54) is 0 Å². The van der Waals surface area contributed by atoms with E-state index in [4.69, 9.17) is 56.8 Å². The van der Waals surface area contributed by atoms with Crippen molar-refractivity contribution in [3.8, 4) is 69.0 Å². The van der Waals surface area contributed by atoms with Crippen LogP contribution < -0.4 is 56.8 Å². The summed E-state index contributed by atoms with van der Waals surface area (Å²) in [5, 5.41) is 7.86. The fraction of sp³-hybridized carbons (Fsp3) is 0.600. The number of benzene rings is 6. The third-order valence-corrected chi connectivity index (χ3v) is 23.5. The minimum Gasteiger partial charge on any atom is -0.492 e. The van der Waals surface area contributed by atoms with Crippen LogP contribution in [0, 0.1) is 72.8 Å². The first-order valence-corrected chi connectivity index (χ1v) is 52.8. The molecule has 7 aromatic carbocycles. The van der Waals surface area contributed by atoms with Crippen LogP contribution in [0.1, 0.15) is 391 Å². The highest BCUT2D eigenvalue weighted by Gasteiger charge is 2.16. The van der Waals surface area contributed by atoms with Gasteiger partial charge in [-0.15, -0.1) is 0 Å². The molecular weight excluding hydrogens is 1630 g/mol. The molecule has 12 heteroatoms. The molecule has 0 aliphatic carbocycles. The lowest BCUT2D eigenvalue weighted by Crippen LogP contribution is -2.01. The van der Waals surface area contributed by atoms with Crippen molar-refractivity contribution in [2.75, 3.05) is 79.3 Å². The number of rotatable bonds is 72. The van der Waals surface area contributed by atoms with Crippen LogP contribution >= 0.6 is 0 Å². The molecule has 0 aliphatic rings. The second kappa shape index (κ2) is 70.0. The van der Waals surface area contributed by atoms with Gasteiger partial charge in [-0.25, -0.2) is 0 Å². The van der Waals surface area contributed by atoms with Gasteiger partial charge in [-0.2, -0.15) is 0 Å². The molecule has 7 aromatic rings. The molecule has 0 aromatic heterocycles. The zero-order chi connectivity index (χ0) is 93.7. The Morgan fingerprint density at radius 2 is 0.197 bits per heavy atom. The Labute approximate surface area is 801 Å². The molecule has 0 fully saturated rings. The highest BCUT2D eigenvalue weighted by atomic mass is 16.5. The van der Waals surface area contributed by atoms with E-state index in [1.54, 1.807) is 0 Å². The lowest BCUT2D eigenvalue weighted by molar-refractivity contribution is 0.294. The van der Waals surface area contributed by atoms with Gasteiger partial charge in [-0.05, 0) is 113 Å². The molecule has 12 bridgehead atoms. The summed E-state index contributed by atoms with van der Waals surface area (Å²) in [6.45, 7) is 32.9. The van der Waals surface area contributed by atoms with Crippen LogP contribution in [0.4, 0.5) is 0 Å². The molecule has 0 heterocycles. The first kappa shape index (κ1) is 109. The molecule has 0 amide bonds. The Bertz CT molecular complexity index is 3610. The molecule has 0 spiro atoms. The van der Waals surface area contributed by atoms with E-state index in [-0.39, 0.29) is 0 Å². The van der Waals surface area contributed by atoms with Gasteiger partial charge in [-0.1, -0.05) is 387 Å². The molecule has 0 atom stereocenters. The quantitative estimate of drug-likeness (QED) is 0.0339. The molecule has 0 N–H and O–H groups in total. The summed E-state index contributed by atoms with van der Waals surface area (Å²) in [4.78, 5) is 0. The van der Waals surface area contributed by atoms with E-state index in [0.29, 0.717) is 213 Å². The van der Waals surface area contributed by atoms with Gasteiger partial charge in [0.25, 0.3) is 0 Å². The molecule has 0 saturated carbocycles. The SMILES string of the molecule is CCCCCCOc1cc(OCCCCCC)c2c#cc3cc(c#cc4cc(c#cc5cc(c#cc6cc(c#cc7cc(c#cc1c2)c(OCCCCCC)cc7OCCCCCC)c(OCCCCCC)cc6OCCCCCC)c(OCCCCCC)cc5OCCCCCC)c(OCCCCCC)cc4OCCCCCC)c(OCCCCCC)cc3OCCCCCC. The zero-order valence-electron chi connectivity index (χ0n) is 84.3. The third kappa shape index (κ3) is 42.7. The van der Waals surface area contributed by atoms with Crippen LogP contribution in [-0.2, 0) is 0 Å². The Morgan fingerprint density at radius 3 is 0.273 bits per heavy atom. The summed E-state index contributed by atoms with van der Waals surface area (Å²) in [5.41, 5.74) is 0. The van der Waals surface area contributed by atoms with Crippen molar-refractivity contribution in [2.45, 2.75) is 391 Å². The van der Waals surface area contributed by atoms with Gasteiger partial charge in [0.1, 0.15) is 69.0 Å². The van der Waals surface area contributed by atoms with Crippen molar-refractivity contribution in [3.63, 3.8) is 0 Å². The van der Waals surface area contributed by atoms with E-state index >= 15 is 0 Å². The average Bonchev–Trinajstić information content (AvgIpc) is 0.806. The van der Waals surface area contributed by atoms with Crippen LogP contribution in [0.15, 0.2) is 72.8 Å². The van der Waals surface area contributed by atoms with E-state index < -0.39 is 0 Å². The zero-order valence-corrected chi connectivity index (χ0v) is 84.3. The van der Waals surface area contributed by atoms with Crippen LogP contribution in [0.5, 0.6) is 69.0 Å². The Morgan fingerprint density at radius 1 is 0.114 bits per heavy atom. The Balaban J connectivity index is 1.82. The van der Waals surface area contributed by atoms with Crippen molar-refractivity contribution in [3.05, 3.63) is 146 Å². The second-order valence-corrected chi connectivity index (χ2v) is 35.5. The molecule has 0 saturated heterocycles. The third-order valence-electron chi connectivity index (χ3n) is 23.5. The monoisotopic (exact) mass is 1800 g/mol. The van der Waals surface area contributed by atoms with Crippen molar-refractivity contribution in [2.24, 2.45) is 0 Å².